The summed E-state index contributed by atoms with van der Waals surface area (Å²) < 4.78 is 20.8. The van der Waals surface area contributed by atoms with Gasteiger partial charge in [0.05, 0.1) is 25.5 Å². The Labute approximate surface area is 134 Å². The minimum absolute atomic E-state index is 0.342. The maximum atomic E-state index is 11.1. The molecule has 1 aromatic carbocycles. The standard InChI is InChI=1S/C17H19NO5/c1-11-14(12(2)23-18-11)10-22-15-7-5-13(9-16(15)20-3)6-8-17(19)21-4/h5-9H,10H2,1-4H3/b8-6+. The van der Waals surface area contributed by atoms with Crippen LogP contribution in [0.3, 0.4) is 0 Å². The van der Waals surface area contributed by atoms with Crippen LogP contribution in [0.2, 0.25) is 0 Å². The molecule has 6 heteroatoms. The van der Waals surface area contributed by atoms with Crippen LogP contribution in [0, 0.1) is 13.8 Å². The number of nitrogens with zero attached hydrogens (tertiary/aromatic N) is 1. The van der Waals surface area contributed by atoms with E-state index in [2.05, 4.69) is 9.89 Å². The van der Waals surface area contributed by atoms with Crippen molar-refractivity contribution >= 4 is 12.0 Å². The van der Waals surface area contributed by atoms with Crippen molar-refractivity contribution in [3.05, 3.63) is 46.9 Å². The van der Waals surface area contributed by atoms with Crippen LogP contribution in [0.25, 0.3) is 6.08 Å². The van der Waals surface area contributed by atoms with Gasteiger partial charge >= 0.3 is 5.97 Å². The van der Waals surface area contributed by atoms with Crippen LogP contribution >= 0.6 is 0 Å². The Hall–Kier alpha value is -2.76. The summed E-state index contributed by atoms with van der Waals surface area (Å²) in [6.45, 7) is 4.05. The van der Waals surface area contributed by atoms with Gasteiger partial charge < -0.3 is 18.7 Å². The van der Waals surface area contributed by atoms with E-state index in [1.165, 1.54) is 13.2 Å². The number of aromatic nitrogens is 1. The lowest BCUT2D eigenvalue weighted by Crippen LogP contribution is -2.00. The monoisotopic (exact) mass is 317 g/mol. The molecule has 0 aliphatic carbocycles. The van der Waals surface area contributed by atoms with E-state index in [4.69, 9.17) is 14.0 Å². The summed E-state index contributed by atoms with van der Waals surface area (Å²) in [5.74, 6) is 1.49. The number of hydrogen-bond donors (Lipinski definition) is 0. The predicted octanol–water partition coefficient (Wildman–Crippen LogP) is 3.07. The first kappa shape index (κ1) is 16.6. The van der Waals surface area contributed by atoms with Gasteiger partial charge in [0.25, 0.3) is 0 Å². The molecule has 0 fully saturated rings. The molecule has 0 unspecified atom stereocenters. The van der Waals surface area contributed by atoms with Crippen molar-refractivity contribution in [2.45, 2.75) is 20.5 Å². The zero-order valence-electron chi connectivity index (χ0n) is 13.6. The Kier molecular flexibility index (Phi) is 5.41. The summed E-state index contributed by atoms with van der Waals surface area (Å²) in [5.41, 5.74) is 2.53. The van der Waals surface area contributed by atoms with E-state index < -0.39 is 5.97 Å². The number of benzene rings is 1. The van der Waals surface area contributed by atoms with Crippen LogP contribution in [0.1, 0.15) is 22.6 Å². The van der Waals surface area contributed by atoms with Gasteiger partial charge in [-0.3, -0.25) is 0 Å². The number of ether oxygens (including phenoxy) is 3. The van der Waals surface area contributed by atoms with Crippen LogP contribution in [0.5, 0.6) is 11.5 Å². The number of aryl methyl sites for hydroxylation is 2. The molecule has 0 aliphatic rings. The van der Waals surface area contributed by atoms with Crippen molar-refractivity contribution in [3.8, 4) is 11.5 Å². The van der Waals surface area contributed by atoms with Gasteiger partial charge in [-0.15, -0.1) is 0 Å². The van der Waals surface area contributed by atoms with Gasteiger partial charge in [-0.05, 0) is 37.6 Å². The van der Waals surface area contributed by atoms with E-state index in [1.54, 1.807) is 25.3 Å². The Bertz CT molecular complexity index is 698. The molecule has 1 heterocycles. The lowest BCUT2D eigenvalue weighted by Gasteiger charge is -2.11. The van der Waals surface area contributed by atoms with Crippen molar-refractivity contribution in [3.63, 3.8) is 0 Å². The molecule has 6 nitrogen and oxygen atoms in total. The number of methoxy groups -OCH3 is 2. The lowest BCUT2D eigenvalue weighted by atomic mass is 10.2. The molecule has 23 heavy (non-hydrogen) atoms. The smallest absolute Gasteiger partial charge is 0.330 e. The average molecular weight is 317 g/mol. The predicted molar refractivity (Wildman–Crippen MR) is 84.4 cm³/mol. The first-order valence-electron chi connectivity index (χ1n) is 7.03. The molecule has 0 bridgehead atoms. The van der Waals surface area contributed by atoms with E-state index >= 15 is 0 Å². The summed E-state index contributed by atoms with van der Waals surface area (Å²) >= 11 is 0. The van der Waals surface area contributed by atoms with Gasteiger partial charge in [-0.2, -0.15) is 0 Å². The third-order valence-electron chi connectivity index (χ3n) is 3.35. The highest BCUT2D eigenvalue weighted by Crippen LogP contribution is 2.30. The number of rotatable bonds is 6. The van der Waals surface area contributed by atoms with Gasteiger partial charge in [-0.25, -0.2) is 4.79 Å². The Morgan fingerprint density at radius 2 is 2.04 bits per heavy atom. The first-order chi connectivity index (χ1) is 11.0. The van der Waals surface area contributed by atoms with Crippen molar-refractivity contribution in [1.82, 2.24) is 5.16 Å². The minimum Gasteiger partial charge on any atom is -0.493 e. The quantitative estimate of drug-likeness (QED) is 0.602. The number of esters is 1. The molecule has 2 aromatic rings. The average Bonchev–Trinajstić information content (AvgIpc) is 2.89. The van der Waals surface area contributed by atoms with Crippen LogP contribution in [0.15, 0.2) is 28.8 Å². The van der Waals surface area contributed by atoms with Crippen LogP contribution in [-0.2, 0) is 16.1 Å². The van der Waals surface area contributed by atoms with Gasteiger partial charge in [0.2, 0.25) is 0 Å². The summed E-state index contributed by atoms with van der Waals surface area (Å²) in [5, 5.41) is 3.89. The van der Waals surface area contributed by atoms with Crippen LogP contribution in [0.4, 0.5) is 0 Å². The largest absolute Gasteiger partial charge is 0.493 e. The molecule has 0 saturated carbocycles. The molecule has 0 spiro atoms. The second-order valence-electron chi connectivity index (χ2n) is 4.86. The Morgan fingerprint density at radius 3 is 2.65 bits per heavy atom. The van der Waals surface area contributed by atoms with Gasteiger partial charge in [0.1, 0.15) is 12.4 Å². The summed E-state index contributed by atoms with van der Waals surface area (Å²) in [6.07, 6.45) is 2.99. The van der Waals surface area contributed by atoms with E-state index in [0.29, 0.717) is 18.1 Å². The molecule has 0 N–H and O–H groups in total. The third-order valence-corrected chi connectivity index (χ3v) is 3.35. The van der Waals surface area contributed by atoms with E-state index in [0.717, 1.165) is 22.6 Å². The van der Waals surface area contributed by atoms with Crippen molar-refractivity contribution in [1.29, 1.82) is 0 Å². The van der Waals surface area contributed by atoms with Crippen LogP contribution in [-0.4, -0.2) is 25.3 Å². The maximum Gasteiger partial charge on any atom is 0.330 e. The highest BCUT2D eigenvalue weighted by atomic mass is 16.5. The zero-order chi connectivity index (χ0) is 16.8. The second kappa shape index (κ2) is 7.49. The van der Waals surface area contributed by atoms with E-state index in [9.17, 15) is 4.79 Å². The number of hydrogen-bond acceptors (Lipinski definition) is 6. The topological polar surface area (TPSA) is 70.8 Å². The lowest BCUT2D eigenvalue weighted by molar-refractivity contribution is -0.134. The van der Waals surface area contributed by atoms with Gasteiger partial charge in [-0.1, -0.05) is 11.2 Å². The Morgan fingerprint density at radius 1 is 1.26 bits per heavy atom. The third kappa shape index (κ3) is 4.12. The zero-order valence-corrected chi connectivity index (χ0v) is 13.6. The fourth-order valence-corrected chi connectivity index (χ4v) is 2.00. The maximum absolute atomic E-state index is 11.1. The molecular weight excluding hydrogens is 298 g/mol. The van der Waals surface area contributed by atoms with E-state index in [1.807, 2.05) is 19.9 Å². The molecule has 122 valence electrons. The highest BCUT2D eigenvalue weighted by Gasteiger charge is 2.11. The number of carbonyl (C=O) groups excluding carboxylic acids is 1. The van der Waals surface area contributed by atoms with Gasteiger partial charge in [0, 0.05) is 6.08 Å². The molecule has 1 aromatic heterocycles. The minimum atomic E-state index is -0.414. The molecule has 0 amide bonds. The van der Waals surface area contributed by atoms with Gasteiger partial charge in [0.15, 0.2) is 11.5 Å². The fraction of sp³-hybridized carbons (Fsp3) is 0.294. The SMILES string of the molecule is COC(=O)/C=C/c1ccc(OCc2c(C)noc2C)c(OC)c1. The number of carbonyl (C=O) groups is 1. The van der Waals surface area contributed by atoms with Crippen molar-refractivity contribution in [2.24, 2.45) is 0 Å². The van der Waals surface area contributed by atoms with Crippen LogP contribution < -0.4 is 9.47 Å². The first-order valence-corrected chi connectivity index (χ1v) is 7.03. The molecule has 2 rings (SSSR count). The highest BCUT2D eigenvalue weighted by molar-refractivity contribution is 5.87. The molecular formula is C17H19NO5. The summed E-state index contributed by atoms with van der Waals surface area (Å²) in [7, 11) is 2.89. The second-order valence-corrected chi connectivity index (χ2v) is 4.86. The Balaban J connectivity index is 2.13. The summed E-state index contributed by atoms with van der Waals surface area (Å²) in [4.78, 5) is 11.1. The van der Waals surface area contributed by atoms with Crippen molar-refractivity contribution < 1.29 is 23.5 Å². The van der Waals surface area contributed by atoms with E-state index in [-0.39, 0.29) is 0 Å². The van der Waals surface area contributed by atoms with Crippen molar-refractivity contribution in [2.75, 3.05) is 14.2 Å². The molecule has 0 saturated heterocycles. The summed E-state index contributed by atoms with van der Waals surface area (Å²) in [6, 6.07) is 5.39. The molecule has 0 radical (unpaired) electrons. The molecule has 0 atom stereocenters. The fourth-order valence-electron chi connectivity index (χ4n) is 2.00. The molecule has 0 aliphatic heterocycles. The normalized spacial score (nSPS) is 10.8.